The number of hydrogen-bond donors (Lipinski definition) is 0. The van der Waals surface area contributed by atoms with Crippen LogP contribution in [0.2, 0.25) is 19.6 Å². The molecule has 0 aliphatic rings. The van der Waals surface area contributed by atoms with Crippen LogP contribution in [0.1, 0.15) is 18.9 Å². The van der Waals surface area contributed by atoms with Gasteiger partial charge in [0.1, 0.15) is 0 Å². The smallest absolute Gasteiger partial charge is 0.0750 e. The monoisotopic (exact) mass is 248 g/mol. The molecule has 0 saturated heterocycles. The normalized spacial score (nSPS) is 13.4. The van der Waals surface area contributed by atoms with Crippen molar-refractivity contribution in [2.75, 3.05) is 0 Å². The second kappa shape index (κ2) is 6.17. The first-order chi connectivity index (χ1) is 7.95. The molecular weight excluding hydrogens is 224 g/mol. The van der Waals surface area contributed by atoms with E-state index >= 15 is 0 Å². The van der Waals surface area contributed by atoms with Crippen LogP contribution in [0.25, 0.3) is 0 Å². The Morgan fingerprint density at radius 3 is 2.29 bits per heavy atom. The van der Waals surface area contributed by atoms with Crippen LogP contribution in [0.5, 0.6) is 0 Å². The lowest BCUT2D eigenvalue weighted by atomic mass is 10.2. The quantitative estimate of drug-likeness (QED) is 0.677. The lowest BCUT2D eigenvalue weighted by Crippen LogP contribution is -2.32. The fourth-order valence-corrected chi connectivity index (χ4v) is 2.97. The maximum atomic E-state index is 6.00. The molecule has 0 spiro atoms. The summed E-state index contributed by atoms with van der Waals surface area (Å²) in [6, 6.07) is 10.3. The molecule has 0 heterocycles. The van der Waals surface area contributed by atoms with Gasteiger partial charge < -0.3 is 4.74 Å². The number of rotatable bonds is 6. The summed E-state index contributed by atoms with van der Waals surface area (Å²) in [7, 11) is -1.30. The molecule has 94 valence electrons. The van der Waals surface area contributed by atoms with E-state index in [1.807, 2.05) is 18.2 Å². The third-order valence-electron chi connectivity index (χ3n) is 3.02. The van der Waals surface area contributed by atoms with Crippen molar-refractivity contribution in [3.05, 3.63) is 47.7 Å². The van der Waals surface area contributed by atoms with Gasteiger partial charge in [-0.1, -0.05) is 62.1 Å². The SMILES string of the molecule is C=C([C@H](CC)OCc1ccccc1)[Si](C)(C)C. The maximum Gasteiger partial charge on any atom is 0.0750 e. The van der Waals surface area contributed by atoms with E-state index in [1.165, 1.54) is 10.8 Å². The molecule has 1 rings (SSSR count). The average Bonchev–Trinajstić information content (AvgIpc) is 2.30. The van der Waals surface area contributed by atoms with Crippen molar-refractivity contribution in [2.24, 2.45) is 0 Å². The fraction of sp³-hybridized carbons (Fsp3) is 0.467. The summed E-state index contributed by atoms with van der Waals surface area (Å²) in [5.41, 5.74) is 1.23. The zero-order chi connectivity index (χ0) is 12.9. The van der Waals surface area contributed by atoms with Gasteiger partial charge in [0.2, 0.25) is 0 Å². The van der Waals surface area contributed by atoms with Crippen molar-refractivity contribution in [2.45, 2.75) is 45.7 Å². The van der Waals surface area contributed by atoms with E-state index < -0.39 is 8.07 Å². The topological polar surface area (TPSA) is 9.23 Å². The van der Waals surface area contributed by atoms with Gasteiger partial charge in [0.25, 0.3) is 0 Å². The standard InChI is InChI=1S/C15H24OSi/c1-6-15(13(2)17(3,4)5)16-12-14-10-8-7-9-11-14/h7-11,15H,2,6,12H2,1,3-5H3/t15-/m0/s1. The van der Waals surface area contributed by atoms with Gasteiger partial charge in [-0.2, -0.15) is 0 Å². The van der Waals surface area contributed by atoms with Crippen LogP contribution in [0.4, 0.5) is 0 Å². The zero-order valence-corrected chi connectivity index (χ0v) is 12.5. The van der Waals surface area contributed by atoms with Gasteiger partial charge in [-0.25, -0.2) is 0 Å². The molecule has 1 aromatic carbocycles. The number of benzene rings is 1. The molecule has 0 aromatic heterocycles. The van der Waals surface area contributed by atoms with Gasteiger partial charge in [-0.15, -0.1) is 6.58 Å². The lowest BCUT2D eigenvalue weighted by Gasteiger charge is -2.27. The van der Waals surface area contributed by atoms with Gasteiger partial charge in [0, 0.05) is 0 Å². The Labute approximate surface area is 107 Å². The van der Waals surface area contributed by atoms with E-state index in [4.69, 9.17) is 4.74 Å². The van der Waals surface area contributed by atoms with Crippen LogP contribution in [0, 0.1) is 0 Å². The lowest BCUT2D eigenvalue weighted by molar-refractivity contribution is 0.0662. The molecule has 0 N–H and O–H groups in total. The first-order valence-corrected chi connectivity index (χ1v) is 9.80. The fourth-order valence-electron chi connectivity index (χ4n) is 1.72. The molecule has 0 aliphatic carbocycles. The molecule has 1 atom stereocenters. The second-order valence-electron chi connectivity index (χ2n) is 5.47. The van der Waals surface area contributed by atoms with E-state index in [0.29, 0.717) is 6.61 Å². The average molecular weight is 248 g/mol. The molecule has 0 radical (unpaired) electrons. The number of ether oxygens (including phenoxy) is 1. The third kappa shape index (κ3) is 4.48. The Kier molecular flexibility index (Phi) is 5.16. The predicted molar refractivity (Wildman–Crippen MR) is 77.8 cm³/mol. The van der Waals surface area contributed by atoms with Gasteiger partial charge in [-0.3, -0.25) is 0 Å². The van der Waals surface area contributed by atoms with E-state index in [2.05, 4.69) is 45.3 Å². The number of hydrogen-bond acceptors (Lipinski definition) is 1. The Hall–Kier alpha value is -0.863. The van der Waals surface area contributed by atoms with Crippen LogP contribution in [-0.4, -0.2) is 14.2 Å². The van der Waals surface area contributed by atoms with Crippen LogP contribution in [0.3, 0.4) is 0 Å². The van der Waals surface area contributed by atoms with Crippen molar-refractivity contribution < 1.29 is 4.74 Å². The van der Waals surface area contributed by atoms with E-state index in [0.717, 1.165) is 6.42 Å². The van der Waals surface area contributed by atoms with E-state index in [-0.39, 0.29) is 6.10 Å². The van der Waals surface area contributed by atoms with Crippen LogP contribution < -0.4 is 0 Å². The first-order valence-electron chi connectivity index (χ1n) is 6.30. The summed E-state index contributed by atoms with van der Waals surface area (Å²) in [5, 5.41) is 1.32. The molecule has 0 aliphatic heterocycles. The minimum Gasteiger partial charge on any atom is -0.370 e. The Bertz CT molecular complexity index is 351. The molecule has 1 aromatic rings. The Balaban J connectivity index is 2.57. The summed E-state index contributed by atoms with van der Waals surface area (Å²) in [4.78, 5) is 0. The third-order valence-corrected chi connectivity index (χ3v) is 5.27. The van der Waals surface area contributed by atoms with Gasteiger partial charge >= 0.3 is 0 Å². The van der Waals surface area contributed by atoms with Gasteiger partial charge in [0.05, 0.1) is 20.8 Å². The second-order valence-corrected chi connectivity index (χ2v) is 10.6. The molecule has 0 unspecified atom stereocenters. The first kappa shape index (κ1) is 14.2. The van der Waals surface area contributed by atoms with Crippen molar-refractivity contribution in [1.82, 2.24) is 0 Å². The highest BCUT2D eigenvalue weighted by Gasteiger charge is 2.24. The minimum atomic E-state index is -1.30. The molecule has 17 heavy (non-hydrogen) atoms. The highest BCUT2D eigenvalue weighted by Crippen LogP contribution is 2.21. The van der Waals surface area contributed by atoms with Crippen molar-refractivity contribution in [3.63, 3.8) is 0 Å². The summed E-state index contributed by atoms with van der Waals surface area (Å²) < 4.78 is 6.00. The highest BCUT2D eigenvalue weighted by atomic mass is 28.3. The summed E-state index contributed by atoms with van der Waals surface area (Å²) in [6.07, 6.45) is 1.22. The molecular formula is C15H24OSi. The molecule has 0 saturated carbocycles. The van der Waals surface area contributed by atoms with E-state index in [1.54, 1.807) is 0 Å². The highest BCUT2D eigenvalue weighted by molar-refractivity contribution is 6.83. The summed E-state index contributed by atoms with van der Waals surface area (Å²) in [5.74, 6) is 0. The summed E-state index contributed by atoms with van der Waals surface area (Å²) >= 11 is 0. The van der Waals surface area contributed by atoms with E-state index in [9.17, 15) is 0 Å². The summed E-state index contributed by atoms with van der Waals surface area (Å²) in [6.45, 7) is 14.1. The zero-order valence-electron chi connectivity index (χ0n) is 11.5. The van der Waals surface area contributed by atoms with Gasteiger partial charge in [-0.05, 0) is 12.0 Å². The molecule has 0 bridgehead atoms. The van der Waals surface area contributed by atoms with Crippen molar-refractivity contribution in [3.8, 4) is 0 Å². The minimum absolute atomic E-state index is 0.210. The maximum absolute atomic E-state index is 6.00. The van der Waals surface area contributed by atoms with Crippen LogP contribution >= 0.6 is 0 Å². The molecule has 0 fully saturated rings. The molecule has 0 amide bonds. The largest absolute Gasteiger partial charge is 0.370 e. The van der Waals surface area contributed by atoms with Crippen LogP contribution in [0.15, 0.2) is 42.1 Å². The van der Waals surface area contributed by atoms with Crippen LogP contribution in [-0.2, 0) is 11.3 Å². The van der Waals surface area contributed by atoms with Crippen molar-refractivity contribution in [1.29, 1.82) is 0 Å². The predicted octanol–water partition coefficient (Wildman–Crippen LogP) is 4.42. The van der Waals surface area contributed by atoms with Gasteiger partial charge in [0.15, 0.2) is 0 Å². The Morgan fingerprint density at radius 2 is 1.82 bits per heavy atom. The molecule has 2 heteroatoms. The van der Waals surface area contributed by atoms with Crippen molar-refractivity contribution >= 4 is 8.07 Å². The molecule has 1 nitrogen and oxygen atoms in total. The Morgan fingerprint density at radius 1 is 1.24 bits per heavy atom.